The Hall–Kier alpha value is -0.620. The van der Waals surface area contributed by atoms with Gasteiger partial charge >= 0.3 is 5.97 Å². The van der Waals surface area contributed by atoms with Crippen LogP contribution in [0.5, 0.6) is 0 Å². The van der Waals surface area contributed by atoms with Gasteiger partial charge in [-0.25, -0.2) is 4.79 Å². The molecule has 0 saturated heterocycles. The van der Waals surface area contributed by atoms with E-state index < -0.39 is 11.5 Å². The van der Waals surface area contributed by atoms with Crippen LogP contribution in [-0.2, 0) is 10.3 Å². The van der Waals surface area contributed by atoms with E-state index in [4.69, 9.17) is 10.8 Å². The number of carbonyl (C=O) groups is 1. The zero-order chi connectivity index (χ0) is 10.9. The van der Waals surface area contributed by atoms with Crippen molar-refractivity contribution in [3.05, 3.63) is 32.9 Å². The Labute approximate surface area is 96.4 Å². The van der Waals surface area contributed by atoms with E-state index in [-0.39, 0.29) is 0 Å². The van der Waals surface area contributed by atoms with Crippen LogP contribution >= 0.6 is 22.6 Å². The molecule has 3 nitrogen and oxygen atoms in total. The molecule has 76 valence electrons. The third kappa shape index (κ3) is 2.06. The number of aliphatic carboxylic acids is 1. The van der Waals surface area contributed by atoms with Crippen molar-refractivity contribution in [1.82, 2.24) is 0 Å². The standard InChI is InChI=1S/C10H12INO2/c1-6-5-7(3-4-8(6)11)10(2,12)9(13)14/h3-5H,12H2,1-2H3,(H,13,14)/t10-/m0/s1. The first kappa shape index (κ1) is 11.5. The van der Waals surface area contributed by atoms with Crippen LogP contribution in [-0.4, -0.2) is 11.1 Å². The van der Waals surface area contributed by atoms with Crippen LogP contribution in [0, 0.1) is 10.5 Å². The molecule has 1 rings (SSSR count). The van der Waals surface area contributed by atoms with Crippen LogP contribution in [0.25, 0.3) is 0 Å². The molecule has 1 aromatic carbocycles. The Morgan fingerprint density at radius 3 is 2.57 bits per heavy atom. The summed E-state index contributed by atoms with van der Waals surface area (Å²) in [5, 5.41) is 8.93. The molecule has 0 spiro atoms. The maximum Gasteiger partial charge on any atom is 0.328 e. The monoisotopic (exact) mass is 305 g/mol. The van der Waals surface area contributed by atoms with Gasteiger partial charge in [-0.2, -0.15) is 0 Å². The predicted octanol–water partition coefficient (Wildman–Crippen LogP) is 1.86. The third-order valence-electron chi connectivity index (χ3n) is 2.20. The van der Waals surface area contributed by atoms with E-state index in [1.165, 1.54) is 6.92 Å². The van der Waals surface area contributed by atoms with Crippen molar-refractivity contribution in [1.29, 1.82) is 0 Å². The van der Waals surface area contributed by atoms with E-state index in [1.807, 2.05) is 19.1 Å². The average molecular weight is 305 g/mol. The molecule has 4 heteroatoms. The highest BCUT2D eigenvalue weighted by Crippen LogP contribution is 2.21. The highest BCUT2D eigenvalue weighted by Gasteiger charge is 2.30. The van der Waals surface area contributed by atoms with Gasteiger partial charge in [0, 0.05) is 3.57 Å². The molecule has 0 aromatic heterocycles. The fourth-order valence-electron chi connectivity index (χ4n) is 1.09. The van der Waals surface area contributed by atoms with Crippen molar-refractivity contribution in [2.75, 3.05) is 0 Å². The van der Waals surface area contributed by atoms with Crippen LogP contribution < -0.4 is 5.73 Å². The van der Waals surface area contributed by atoms with Crippen molar-refractivity contribution in [2.24, 2.45) is 5.73 Å². The van der Waals surface area contributed by atoms with Crippen molar-refractivity contribution in [3.63, 3.8) is 0 Å². The Morgan fingerprint density at radius 2 is 2.14 bits per heavy atom. The molecule has 0 heterocycles. The first-order chi connectivity index (χ1) is 6.35. The van der Waals surface area contributed by atoms with Crippen molar-refractivity contribution >= 4 is 28.6 Å². The molecule has 0 saturated carbocycles. The topological polar surface area (TPSA) is 63.3 Å². The minimum atomic E-state index is -1.31. The second-order valence-electron chi connectivity index (χ2n) is 3.47. The van der Waals surface area contributed by atoms with Gasteiger partial charge in [0.05, 0.1) is 0 Å². The lowest BCUT2D eigenvalue weighted by Gasteiger charge is -2.20. The van der Waals surface area contributed by atoms with E-state index >= 15 is 0 Å². The number of halogens is 1. The number of hydrogen-bond acceptors (Lipinski definition) is 2. The number of benzene rings is 1. The highest BCUT2D eigenvalue weighted by atomic mass is 127. The second-order valence-corrected chi connectivity index (χ2v) is 4.63. The molecule has 0 aliphatic rings. The van der Waals surface area contributed by atoms with Gasteiger partial charge in [-0.1, -0.05) is 12.1 Å². The van der Waals surface area contributed by atoms with Gasteiger partial charge < -0.3 is 10.8 Å². The molecular weight excluding hydrogens is 293 g/mol. The normalized spacial score (nSPS) is 14.9. The Morgan fingerprint density at radius 1 is 1.57 bits per heavy atom. The Kier molecular flexibility index (Phi) is 3.16. The first-order valence-corrected chi connectivity index (χ1v) is 5.22. The van der Waals surface area contributed by atoms with Gasteiger partial charge in [-0.05, 0) is 53.6 Å². The molecule has 1 atom stereocenters. The largest absolute Gasteiger partial charge is 0.480 e. The molecule has 3 N–H and O–H groups in total. The zero-order valence-corrected chi connectivity index (χ0v) is 10.2. The van der Waals surface area contributed by atoms with Crippen molar-refractivity contribution in [2.45, 2.75) is 19.4 Å². The van der Waals surface area contributed by atoms with Crippen LogP contribution in [0.15, 0.2) is 18.2 Å². The number of hydrogen-bond donors (Lipinski definition) is 2. The maximum absolute atomic E-state index is 10.9. The summed E-state index contributed by atoms with van der Waals surface area (Å²) in [5.74, 6) is -1.02. The number of carboxylic acids is 1. The summed E-state index contributed by atoms with van der Waals surface area (Å²) in [6.07, 6.45) is 0. The predicted molar refractivity (Wildman–Crippen MR) is 63.1 cm³/mol. The molecule has 0 aliphatic heterocycles. The van der Waals surface area contributed by atoms with Gasteiger partial charge in [0.25, 0.3) is 0 Å². The van der Waals surface area contributed by atoms with Gasteiger partial charge in [0.1, 0.15) is 5.54 Å². The summed E-state index contributed by atoms with van der Waals surface area (Å²) in [6, 6.07) is 5.44. The van der Waals surface area contributed by atoms with Gasteiger partial charge in [-0.15, -0.1) is 0 Å². The molecule has 14 heavy (non-hydrogen) atoms. The number of rotatable bonds is 2. The van der Waals surface area contributed by atoms with E-state index in [0.717, 1.165) is 9.13 Å². The fraction of sp³-hybridized carbons (Fsp3) is 0.300. The zero-order valence-electron chi connectivity index (χ0n) is 8.04. The van der Waals surface area contributed by atoms with Crippen molar-refractivity contribution in [3.8, 4) is 0 Å². The summed E-state index contributed by atoms with van der Waals surface area (Å²) >= 11 is 2.20. The Bertz CT molecular complexity index is 374. The van der Waals surface area contributed by atoms with E-state index in [1.54, 1.807) is 6.07 Å². The van der Waals surface area contributed by atoms with Crippen LogP contribution in [0.2, 0.25) is 0 Å². The van der Waals surface area contributed by atoms with Crippen LogP contribution in [0.1, 0.15) is 18.1 Å². The molecule has 0 fully saturated rings. The van der Waals surface area contributed by atoms with E-state index in [0.29, 0.717) is 5.56 Å². The molecule has 0 unspecified atom stereocenters. The van der Waals surface area contributed by atoms with Gasteiger partial charge in [-0.3, -0.25) is 0 Å². The summed E-state index contributed by atoms with van der Waals surface area (Å²) in [5.41, 5.74) is 6.06. The second kappa shape index (κ2) is 3.86. The van der Waals surface area contributed by atoms with Gasteiger partial charge in [0.2, 0.25) is 0 Å². The smallest absolute Gasteiger partial charge is 0.328 e. The molecule has 0 amide bonds. The van der Waals surface area contributed by atoms with E-state index in [9.17, 15) is 4.79 Å². The van der Waals surface area contributed by atoms with Crippen molar-refractivity contribution < 1.29 is 9.90 Å². The summed E-state index contributed by atoms with van der Waals surface area (Å²) in [4.78, 5) is 10.9. The first-order valence-electron chi connectivity index (χ1n) is 4.14. The molecule has 0 bridgehead atoms. The quantitative estimate of drug-likeness (QED) is 0.820. The summed E-state index contributed by atoms with van der Waals surface area (Å²) < 4.78 is 1.10. The lowest BCUT2D eigenvalue weighted by molar-refractivity contribution is -0.143. The lowest BCUT2D eigenvalue weighted by Crippen LogP contribution is -2.41. The average Bonchev–Trinajstić information content (AvgIpc) is 2.09. The summed E-state index contributed by atoms with van der Waals surface area (Å²) in [7, 11) is 0. The molecule has 0 aliphatic carbocycles. The molecular formula is C10H12INO2. The van der Waals surface area contributed by atoms with Gasteiger partial charge in [0.15, 0.2) is 0 Å². The summed E-state index contributed by atoms with van der Waals surface area (Å²) in [6.45, 7) is 3.43. The minimum absolute atomic E-state index is 0.628. The molecule has 0 radical (unpaired) electrons. The SMILES string of the molecule is Cc1cc([C@](C)(N)C(=O)O)ccc1I. The third-order valence-corrected chi connectivity index (χ3v) is 3.41. The minimum Gasteiger partial charge on any atom is -0.480 e. The maximum atomic E-state index is 10.9. The van der Waals surface area contributed by atoms with Crippen LogP contribution in [0.3, 0.4) is 0 Å². The highest BCUT2D eigenvalue weighted by molar-refractivity contribution is 14.1. The molecule has 1 aromatic rings. The lowest BCUT2D eigenvalue weighted by atomic mass is 9.92. The number of carboxylic acid groups (broad SMARTS) is 1. The van der Waals surface area contributed by atoms with Crippen LogP contribution in [0.4, 0.5) is 0 Å². The fourth-order valence-corrected chi connectivity index (χ4v) is 1.43. The van der Waals surface area contributed by atoms with E-state index in [2.05, 4.69) is 22.6 Å². The number of aryl methyl sites for hydroxylation is 1. The Balaban J connectivity index is 3.21. The number of nitrogens with two attached hydrogens (primary N) is 1.